The highest BCUT2D eigenvalue weighted by Crippen LogP contribution is 2.31. The number of nitrogens with one attached hydrogen (secondary N) is 2. The van der Waals surface area contributed by atoms with Crippen molar-refractivity contribution in [2.45, 2.75) is 26.2 Å². The predicted octanol–water partition coefficient (Wildman–Crippen LogP) is 1.27. The fraction of sp³-hybridized carbons (Fsp3) is 0.529. The molecule has 2 aliphatic heterocycles. The highest BCUT2D eigenvalue weighted by molar-refractivity contribution is 7.91. The minimum Gasteiger partial charge on any atom is -0.493 e. The molecule has 0 saturated carbocycles. The molecule has 27 heavy (non-hydrogen) atoms. The SMILES string of the molecule is CCCNC(=O)N1CC[C@@H](CCOc2cccc3c2C(N)=NS(=O)(=O)N3)C1. The number of fused-ring (bicyclic) bond motifs is 1. The van der Waals surface area contributed by atoms with Crippen LogP contribution in [0.15, 0.2) is 22.6 Å². The molecule has 4 N–H and O–H groups in total. The van der Waals surface area contributed by atoms with E-state index in [0.717, 1.165) is 32.4 Å². The summed E-state index contributed by atoms with van der Waals surface area (Å²) in [6.45, 7) is 4.63. The third-order valence-electron chi connectivity index (χ3n) is 4.62. The fourth-order valence-corrected chi connectivity index (χ4v) is 4.11. The molecule has 0 unspecified atom stereocenters. The van der Waals surface area contributed by atoms with E-state index in [1.54, 1.807) is 18.2 Å². The number of amidine groups is 1. The van der Waals surface area contributed by atoms with Crippen LogP contribution < -0.4 is 20.5 Å². The Hall–Kier alpha value is -2.49. The van der Waals surface area contributed by atoms with E-state index < -0.39 is 10.2 Å². The molecule has 2 heterocycles. The number of hydrogen-bond acceptors (Lipinski definition) is 5. The summed E-state index contributed by atoms with van der Waals surface area (Å²) in [5.74, 6) is 0.784. The van der Waals surface area contributed by atoms with Gasteiger partial charge in [0, 0.05) is 19.6 Å². The largest absolute Gasteiger partial charge is 0.493 e. The second-order valence-electron chi connectivity index (χ2n) is 6.70. The van der Waals surface area contributed by atoms with Gasteiger partial charge in [0.1, 0.15) is 5.75 Å². The van der Waals surface area contributed by atoms with Crippen LogP contribution in [0.5, 0.6) is 5.75 Å². The van der Waals surface area contributed by atoms with E-state index in [0.29, 0.717) is 36.1 Å². The topological polar surface area (TPSA) is 126 Å². The number of amides is 2. The maximum Gasteiger partial charge on any atom is 0.344 e. The zero-order valence-corrected chi connectivity index (χ0v) is 16.1. The number of likely N-dealkylation sites (tertiary alicyclic amines) is 1. The van der Waals surface area contributed by atoms with Crippen molar-refractivity contribution in [1.82, 2.24) is 10.2 Å². The minimum atomic E-state index is -3.80. The minimum absolute atomic E-state index is 0.00586. The molecular formula is C17H25N5O4S. The Labute approximate surface area is 159 Å². The molecule has 148 valence electrons. The predicted molar refractivity (Wildman–Crippen MR) is 103 cm³/mol. The molecule has 1 aromatic rings. The zero-order chi connectivity index (χ0) is 19.4. The quantitative estimate of drug-likeness (QED) is 0.669. The average molecular weight is 395 g/mol. The standard InChI is InChI=1S/C17H25N5O4S/c1-2-8-19-17(23)22-9-6-12(11-22)7-10-26-14-5-3-4-13-15(14)16(18)21-27(24,25)20-13/h3-5,12,20H,2,6-11H2,1H3,(H2,18,21)(H,19,23)/t12-/m0/s1. The van der Waals surface area contributed by atoms with Gasteiger partial charge in [0.05, 0.1) is 17.9 Å². The van der Waals surface area contributed by atoms with Gasteiger partial charge in [-0.1, -0.05) is 13.0 Å². The maximum absolute atomic E-state index is 12.0. The normalized spacial score (nSPS) is 20.4. The molecular weight excluding hydrogens is 370 g/mol. The summed E-state index contributed by atoms with van der Waals surface area (Å²) in [7, 11) is -3.80. The number of anilines is 1. The number of rotatable bonds is 6. The average Bonchev–Trinajstić information content (AvgIpc) is 3.07. The lowest BCUT2D eigenvalue weighted by Crippen LogP contribution is -2.38. The number of benzene rings is 1. The van der Waals surface area contributed by atoms with Crippen molar-refractivity contribution in [3.8, 4) is 5.75 Å². The lowest BCUT2D eigenvalue weighted by molar-refractivity contribution is 0.205. The van der Waals surface area contributed by atoms with Crippen LogP contribution in [-0.2, 0) is 10.2 Å². The number of carbonyl (C=O) groups excluding carboxylic acids is 1. The van der Waals surface area contributed by atoms with Crippen molar-refractivity contribution in [3.63, 3.8) is 0 Å². The van der Waals surface area contributed by atoms with Gasteiger partial charge in [-0.05, 0) is 37.3 Å². The first kappa shape index (κ1) is 19.3. The molecule has 1 saturated heterocycles. The number of hydrogen-bond donors (Lipinski definition) is 3. The number of ether oxygens (including phenoxy) is 1. The summed E-state index contributed by atoms with van der Waals surface area (Å²) in [5, 5.41) is 2.90. The van der Waals surface area contributed by atoms with Crippen molar-refractivity contribution in [1.29, 1.82) is 0 Å². The van der Waals surface area contributed by atoms with E-state index in [-0.39, 0.29) is 11.9 Å². The van der Waals surface area contributed by atoms with E-state index in [1.807, 2.05) is 11.8 Å². The van der Waals surface area contributed by atoms with E-state index in [2.05, 4.69) is 14.4 Å². The summed E-state index contributed by atoms with van der Waals surface area (Å²) < 4.78 is 34.9. The Morgan fingerprint density at radius 3 is 3.07 bits per heavy atom. The first-order valence-electron chi connectivity index (χ1n) is 9.06. The van der Waals surface area contributed by atoms with E-state index in [1.165, 1.54) is 0 Å². The third-order valence-corrected chi connectivity index (χ3v) is 5.54. The smallest absolute Gasteiger partial charge is 0.344 e. The van der Waals surface area contributed by atoms with Crippen LogP contribution >= 0.6 is 0 Å². The molecule has 0 aliphatic carbocycles. The van der Waals surface area contributed by atoms with Gasteiger partial charge < -0.3 is 20.7 Å². The first-order chi connectivity index (χ1) is 12.9. The van der Waals surface area contributed by atoms with Crippen molar-refractivity contribution in [2.24, 2.45) is 16.0 Å². The van der Waals surface area contributed by atoms with Gasteiger partial charge in [-0.3, -0.25) is 4.72 Å². The number of urea groups is 1. The van der Waals surface area contributed by atoms with Crippen LogP contribution in [-0.4, -0.2) is 51.4 Å². The lowest BCUT2D eigenvalue weighted by Gasteiger charge is -2.20. The second kappa shape index (κ2) is 8.03. The Balaban J connectivity index is 1.55. The van der Waals surface area contributed by atoms with Crippen LogP contribution in [0, 0.1) is 5.92 Å². The van der Waals surface area contributed by atoms with Gasteiger partial charge in [0.15, 0.2) is 5.84 Å². The van der Waals surface area contributed by atoms with Crippen LogP contribution in [0.1, 0.15) is 31.7 Å². The van der Waals surface area contributed by atoms with Crippen LogP contribution in [0.3, 0.4) is 0 Å². The lowest BCUT2D eigenvalue weighted by atomic mass is 10.1. The monoisotopic (exact) mass is 395 g/mol. The second-order valence-corrected chi connectivity index (χ2v) is 8.04. The van der Waals surface area contributed by atoms with Gasteiger partial charge in [-0.25, -0.2) is 4.79 Å². The van der Waals surface area contributed by atoms with Crippen molar-refractivity contribution in [3.05, 3.63) is 23.8 Å². The third kappa shape index (κ3) is 4.62. The number of nitrogens with zero attached hydrogens (tertiary/aromatic N) is 2. The molecule has 10 heteroatoms. The van der Waals surface area contributed by atoms with Gasteiger partial charge >= 0.3 is 16.2 Å². The molecule has 1 fully saturated rings. The molecule has 0 aromatic heterocycles. The van der Waals surface area contributed by atoms with E-state index in [4.69, 9.17) is 10.5 Å². The first-order valence-corrected chi connectivity index (χ1v) is 10.5. The molecule has 3 rings (SSSR count). The van der Waals surface area contributed by atoms with Crippen molar-refractivity contribution < 1.29 is 17.9 Å². The zero-order valence-electron chi connectivity index (χ0n) is 15.3. The fourth-order valence-electron chi connectivity index (χ4n) is 3.27. The molecule has 0 spiro atoms. The van der Waals surface area contributed by atoms with Crippen molar-refractivity contribution >= 4 is 27.8 Å². The van der Waals surface area contributed by atoms with Gasteiger partial charge in [-0.15, -0.1) is 4.40 Å². The summed E-state index contributed by atoms with van der Waals surface area (Å²) in [5.41, 5.74) is 6.63. The van der Waals surface area contributed by atoms with E-state index in [9.17, 15) is 13.2 Å². The van der Waals surface area contributed by atoms with Crippen LogP contribution in [0.2, 0.25) is 0 Å². The summed E-state index contributed by atoms with van der Waals surface area (Å²) in [6.07, 6.45) is 2.66. The van der Waals surface area contributed by atoms with E-state index >= 15 is 0 Å². The highest BCUT2D eigenvalue weighted by atomic mass is 32.2. The molecule has 0 radical (unpaired) electrons. The molecule has 9 nitrogen and oxygen atoms in total. The Kier molecular flexibility index (Phi) is 5.73. The van der Waals surface area contributed by atoms with Gasteiger partial charge in [0.25, 0.3) is 0 Å². The molecule has 0 bridgehead atoms. The molecule has 2 amide bonds. The Morgan fingerprint density at radius 2 is 2.30 bits per heavy atom. The van der Waals surface area contributed by atoms with Gasteiger partial charge in [-0.2, -0.15) is 8.42 Å². The summed E-state index contributed by atoms with van der Waals surface area (Å²) >= 11 is 0. The Morgan fingerprint density at radius 1 is 1.48 bits per heavy atom. The Bertz CT molecular complexity index is 840. The maximum atomic E-state index is 12.0. The number of carbonyl (C=O) groups is 1. The summed E-state index contributed by atoms with van der Waals surface area (Å²) in [6, 6.07) is 5.05. The van der Waals surface area contributed by atoms with Gasteiger partial charge in [0.2, 0.25) is 0 Å². The molecule has 1 atom stereocenters. The van der Waals surface area contributed by atoms with Crippen LogP contribution in [0.25, 0.3) is 0 Å². The highest BCUT2D eigenvalue weighted by Gasteiger charge is 2.27. The molecule has 2 aliphatic rings. The van der Waals surface area contributed by atoms with Crippen LogP contribution in [0.4, 0.5) is 10.5 Å². The van der Waals surface area contributed by atoms with Crippen molar-refractivity contribution in [2.75, 3.05) is 31.0 Å². The number of nitrogens with two attached hydrogens (primary N) is 1. The summed E-state index contributed by atoms with van der Waals surface area (Å²) in [4.78, 5) is 13.8. The molecule has 1 aromatic carbocycles.